The molecule has 0 unspecified atom stereocenters. The average molecular weight is 327 g/mol. The molecule has 0 aromatic heterocycles. The Morgan fingerprint density at radius 1 is 0.840 bits per heavy atom. The number of hydrogen-bond acceptors (Lipinski definition) is 3. The van der Waals surface area contributed by atoms with Crippen molar-refractivity contribution >= 4 is 29.3 Å². The summed E-state index contributed by atoms with van der Waals surface area (Å²) in [6.07, 6.45) is 4.11. The lowest BCUT2D eigenvalue weighted by Gasteiger charge is -2.14. The van der Waals surface area contributed by atoms with Crippen LogP contribution in [0.3, 0.4) is 0 Å². The second-order valence-corrected chi connectivity index (χ2v) is 5.87. The zero-order valence-corrected chi connectivity index (χ0v) is 13.8. The molecule has 0 atom stereocenters. The van der Waals surface area contributed by atoms with Gasteiger partial charge in [0.05, 0.1) is 12.8 Å². The summed E-state index contributed by atoms with van der Waals surface area (Å²) in [5, 5.41) is 3.44. The standard InChI is InChI=1S/C22H17NO2/c1-25-18-13-11-17(12-14-18)22(24)19-7-4-6-16-10-9-15-5-2-3-8-20(15)23-21(16)19/h2-14,23H,1H3. The summed E-state index contributed by atoms with van der Waals surface area (Å²) < 4.78 is 5.17. The summed E-state index contributed by atoms with van der Waals surface area (Å²) in [5.74, 6) is 0.721. The fraction of sp³-hybridized carbons (Fsp3) is 0.0455. The van der Waals surface area contributed by atoms with E-state index in [0.717, 1.165) is 28.3 Å². The van der Waals surface area contributed by atoms with Gasteiger partial charge in [-0.15, -0.1) is 0 Å². The van der Waals surface area contributed by atoms with Crippen LogP contribution in [-0.2, 0) is 0 Å². The number of nitrogens with one attached hydrogen (secondary N) is 1. The Morgan fingerprint density at radius 2 is 1.56 bits per heavy atom. The number of rotatable bonds is 3. The molecule has 3 aromatic carbocycles. The monoisotopic (exact) mass is 327 g/mol. The summed E-state index contributed by atoms with van der Waals surface area (Å²) >= 11 is 0. The molecular weight excluding hydrogens is 310 g/mol. The second kappa shape index (κ2) is 6.29. The van der Waals surface area contributed by atoms with E-state index in [1.54, 1.807) is 31.4 Å². The third kappa shape index (κ3) is 2.81. The van der Waals surface area contributed by atoms with Gasteiger partial charge < -0.3 is 10.1 Å². The number of carbonyl (C=O) groups is 1. The maximum absolute atomic E-state index is 13.0. The molecule has 25 heavy (non-hydrogen) atoms. The van der Waals surface area contributed by atoms with Gasteiger partial charge in [0.25, 0.3) is 0 Å². The number of fused-ring (bicyclic) bond motifs is 2. The van der Waals surface area contributed by atoms with E-state index in [-0.39, 0.29) is 5.78 Å². The van der Waals surface area contributed by atoms with Crippen molar-refractivity contribution in [3.63, 3.8) is 0 Å². The summed E-state index contributed by atoms with van der Waals surface area (Å²) in [4.78, 5) is 13.0. The molecule has 1 aliphatic heterocycles. The van der Waals surface area contributed by atoms with Gasteiger partial charge in [-0.05, 0) is 47.5 Å². The van der Waals surface area contributed by atoms with E-state index in [1.165, 1.54) is 0 Å². The van der Waals surface area contributed by atoms with E-state index in [4.69, 9.17) is 4.74 Å². The van der Waals surface area contributed by atoms with Gasteiger partial charge in [-0.1, -0.05) is 42.5 Å². The minimum atomic E-state index is -0.0141. The zero-order valence-electron chi connectivity index (χ0n) is 13.8. The van der Waals surface area contributed by atoms with Gasteiger partial charge in [0, 0.05) is 16.8 Å². The third-order valence-corrected chi connectivity index (χ3v) is 4.36. The lowest BCUT2D eigenvalue weighted by molar-refractivity contribution is 0.103. The molecule has 1 aliphatic rings. The number of hydrogen-bond donors (Lipinski definition) is 1. The van der Waals surface area contributed by atoms with Crippen LogP contribution in [0.1, 0.15) is 27.0 Å². The van der Waals surface area contributed by atoms with Gasteiger partial charge in [-0.3, -0.25) is 4.79 Å². The van der Waals surface area contributed by atoms with Crippen LogP contribution in [0.25, 0.3) is 12.2 Å². The fourth-order valence-electron chi connectivity index (χ4n) is 3.01. The summed E-state index contributed by atoms with van der Waals surface area (Å²) in [6, 6.07) is 21.0. The Bertz CT molecular complexity index is 972. The van der Waals surface area contributed by atoms with E-state index in [1.807, 2.05) is 42.5 Å². The minimum Gasteiger partial charge on any atom is -0.497 e. The van der Waals surface area contributed by atoms with Gasteiger partial charge >= 0.3 is 0 Å². The van der Waals surface area contributed by atoms with Crippen LogP contribution >= 0.6 is 0 Å². The summed E-state index contributed by atoms with van der Waals surface area (Å²) in [6.45, 7) is 0. The normalized spacial score (nSPS) is 11.7. The highest BCUT2D eigenvalue weighted by Gasteiger charge is 2.18. The highest BCUT2D eigenvalue weighted by Crippen LogP contribution is 2.33. The van der Waals surface area contributed by atoms with Gasteiger partial charge in [0.15, 0.2) is 5.78 Å². The van der Waals surface area contributed by atoms with Crippen LogP contribution in [-0.4, -0.2) is 12.9 Å². The van der Waals surface area contributed by atoms with E-state index in [0.29, 0.717) is 11.1 Å². The van der Waals surface area contributed by atoms with Crippen LogP contribution in [0.15, 0.2) is 66.7 Å². The van der Waals surface area contributed by atoms with Crippen LogP contribution in [0.4, 0.5) is 11.4 Å². The first-order chi connectivity index (χ1) is 12.3. The molecular formula is C22H17NO2. The predicted octanol–water partition coefficient (Wildman–Crippen LogP) is 5.15. The summed E-state index contributed by atoms with van der Waals surface area (Å²) in [5.41, 5.74) is 5.22. The SMILES string of the molecule is COc1ccc(C(=O)c2cccc3c2Nc2ccccc2C=C3)cc1. The molecule has 0 spiro atoms. The molecule has 1 heterocycles. The first-order valence-electron chi connectivity index (χ1n) is 8.12. The molecule has 3 heteroatoms. The second-order valence-electron chi connectivity index (χ2n) is 5.87. The van der Waals surface area contributed by atoms with Crippen molar-refractivity contribution in [2.45, 2.75) is 0 Å². The maximum atomic E-state index is 13.0. The largest absolute Gasteiger partial charge is 0.497 e. The molecule has 0 amide bonds. The smallest absolute Gasteiger partial charge is 0.195 e. The molecule has 0 fully saturated rings. The number of benzene rings is 3. The molecule has 3 nitrogen and oxygen atoms in total. The zero-order chi connectivity index (χ0) is 17.2. The van der Waals surface area contributed by atoms with Gasteiger partial charge in [0.1, 0.15) is 5.75 Å². The lowest BCUT2D eigenvalue weighted by atomic mass is 9.98. The van der Waals surface area contributed by atoms with Crippen molar-refractivity contribution in [1.29, 1.82) is 0 Å². The van der Waals surface area contributed by atoms with Crippen LogP contribution in [0.2, 0.25) is 0 Å². The fourth-order valence-corrected chi connectivity index (χ4v) is 3.01. The number of methoxy groups -OCH3 is 1. The number of ether oxygens (including phenoxy) is 1. The number of carbonyl (C=O) groups excluding carboxylic acids is 1. The van der Waals surface area contributed by atoms with Gasteiger partial charge in [-0.2, -0.15) is 0 Å². The molecule has 0 radical (unpaired) electrons. The van der Waals surface area contributed by atoms with E-state index < -0.39 is 0 Å². The summed E-state index contributed by atoms with van der Waals surface area (Å²) in [7, 11) is 1.61. The van der Waals surface area contributed by atoms with Gasteiger partial charge in [-0.25, -0.2) is 0 Å². The third-order valence-electron chi connectivity index (χ3n) is 4.36. The van der Waals surface area contributed by atoms with Gasteiger partial charge in [0.2, 0.25) is 0 Å². The maximum Gasteiger partial charge on any atom is 0.195 e. The van der Waals surface area contributed by atoms with E-state index in [2.05, 4.69) is 17.5 Å². The van der Waals surface area contributed by atoms with Crippen molar-refractivity contribution in [3.05, 3.63) is 89.0 Å². The molecule has 0 aliphatic carbocycles. The van der Waals surface area contributed by atoms with Crippen molar-refractivity contribution in [3.8, 4) is 5.75 Å². The highest BCUT2D eigenvalue weighted by atomic mass is 16.5. The quantitative estimate of drug-likeness (QED) is 0.529. The molecule has 0 saturated carbocycles. The number of anilines is 2. The van der Waals surface area contributed by atoms with Crippen molar-refractivity contribution in [2.24, 2.45) is 0 Å². The Kier molecular flexibility index (Phi) is 3.82. The Morgan fingerprint density at radius 3 is 2.36 bits per heavy atom. The molecule has 1 N–H and O–H groups in total. The van der Waals surface area contributed by atoms with Crippen molar-refractivity contribution < 1.29 is 9.53 Å². The Labute approximate surface area is 146 Å². The molecule has 0 saturated heterocycles. The van der Waals surface area contributed by atoms with Crippen LogP contribution < -0.4 is 10.1 Å². The van der Waals surface area contributed by atoms with Crippen LogP contribution in [0, 0.1) is 0 Å². The molecule has 3 aromatic rings. The Balaban J connectivity index is 1.78. The minimum absolute atomic E-state index is 0.0141. The number of para-hydroxylation sites is 2. The molecule has 122 valence electrons. The first kappa shape index (κ1) is 15.2. The average Bonchev–Trinajstić information content (AvgIpc) is 2.86. The van der Waals surface area contributed by atoms with Crippen molar-refractivity contribution in [2.75, 3.05) is 12.4 Å². The first-order valence-corrected chi connectivity index (χ1v) is 8.12. The Hall–Kier alpha value is -3.33. The lowest BCUT2D eigenvalue weighted by Crippen LogP contribution is -2.06. The van der Waals surface area contributed by atoms with E-state index in [9.17, 15) is 4.79 Å². The highest BCUT2D eigenvalue weighted by molar-refractivity contribution is 6.14. The topological polar surface area (TPSA) is 38.3 Å². The molecule has 4 rings (SSSR count). The van der Waals surface area contributed by atoms with Crippen molar-refractivity contribution in [1.82, 2.24) is 0 Å². The predicted molar refractivity (Wildman–Crippen MR) is 102 cm³/mol. The van der Waals surface area contributed by atoms with E-state index >= 15 is 0 Å². The van der Waals surface area contributed by atoms with Crippen LogP contribution in [0.5, 0.6) is 5.75 Å². The molecule has 0 bridgehead atoms. The number of ketones is 1.